The molecule has 2 rings (SSSR count). The predicted molar refractivity (Wildman–Crippen MR) is 90.5 cm³/mol. The number of anilines is 1. The summed E-state index contributed by atoms with van der Waals surface area (Å²) in [6.07, 6.45) is 7.53. The molecule has 0 spiro atoms. The lowest BCUT2D eigenvalue weighted by molar-refractivity contribution is 0.693. The van der Waals surface area contributed by atoms with E-state index in [1.165, 1.54) is 0 Å². The Hall–Kier alpha value is -1.72. The van der Waals surface area contributed by atoms with Gasteiger partial charge in [-0.3, -0.25) is 4.21 Å². The highest BCUT2D eigenvalue weighted by Gasteiger charge is 2.06. The van der Waals surface area contributed by atoms with Crippen molar-refractivity contribution in [3.63, 3.8) is 0 Å². The van der Waals surface area contributed by atoms with Crippen LogP contribution in [-0.2, 0) is 20.5 Å². The molecule has 1 aliphatic carbocycles. The van der Waals surface area contributed by atoms with Crippen LogP contribution in [0.25, 0.3) is 0 Å². The lowest BCUT2D eigenvalue weighted by atomic mass is 10.1. The van der Waals surface area contributed by atoms with E-state index in [2.05, 4.69) is 11.6 Å². The summed E-state index contributed by atoms with van der Waals surface area (Å²) in [5.41, 5.74) is 3.34. The lowest BCUT2D eigenvalue weighted by Crippen LogP contribution is -2.08. The van der Waals surface area contributed by atoms with Crippen molar-refractivity contribution in [1.82, 2.24) is 0 Å². The molecule has 1 aromatic carbocycles. The van der Waals surface area contributed by atoms with Gasteiger partial charge in [-0.1, -0.05) is 18.7 Å². The average Bonchev–Trinajstić information content (AvgIpc) is 2.41. The van der Waals surface area contributed by atoms with Gasteiger partial charge in [0.05, 0.1) is 25.7 Å². The van der Waals surface area contributed by atoms with Crippen LogP contribution in [0.2, 0.25) is 0 Å². The van der Waals surface area contributed by atoms with E-state index >= 15 is 0 Å². The number of thiol groups is 1. The highest BCUT2D eigenvalue weighted by atomic mass is 32.8. The summed E-state index contributed by atoms with van der Waals surface area (Å²) in [7, 11) is 2.00. The molecule has 1 aromatic rings. The summed E-state index contributed by atoms with van der Waals surface area (Å²) >= 11 is 4.94. The molecule has 0 heterocycles. The van der Waals surface area contributed by atoms with E-state index in [-0.39, 0.29) is 0 Å². The van der Waals surface area contributed by atoms with Gasteiger partial charge < -0.3 is 4.90 Å². The van der Waals surface area contributed by atoms with E-state index in [1.54, 1.807) is 0 Å². The van der Waals surface area contributed by atoms with Crippen molar-refractivity contribution in [3.8, 4) is 0 Å². The molecule has 0 amide bonds. The largest absolute Gasteiger partial charge is 0.378 e. The van der Waals surface area contributed by atoms with Crippen LogP contribution in [0.4, 0.5) is 11.4 Å². The second-order valence-electron chi connectivity index (χ2n) is 4.60. The number of rotatable bonds is 3. The fraction of sp³-hybridized carbons (Fsp3) is 0.133. The van der Waals surface area contributed by atoms with Gasteiger partial charge >= 0.3 is 0 Å². The molecule has 0 fully saturated rings. The average molecular weight is 304 g/mol. The Morgan fingerprint density at radius 3 is 2.40 bits per heavy atom. The Bertz CT molecular complexity index is 685. The molecule has 0 N–H and O–H groups in total. The van der Waals surface area contributed by atoms with Gasteiger partial charge in [-0.2, -0.15) is 0 Å². The van der Waals surface area contributed by atoms with Crippen molar-refractivity contribution in [3.05, 3.63) is 54.7 Å². The van der Waals surface area contributed by atoms with Crippen molar-refractivity contribution >= 4 is 37.6 Å². The second-order valence-corrected chi connectivity index (χ2v) is 6.59. The number of aliphatic imine (C=N–C) groups is 1. The van der Waals surface area contributed by atoms with Gasteiger partial charge in [-0.15, -0.1) is 0 Å². The summed E-state index contributed by atoms with van der Waals surface area (Å²) in [4.78, 5) is 7.05. The van der Waals surface area contributed by atoms with Crippen LogP contribution in [0.15, 0.2) is 64.5 Å². The molecule has 0 aromatic heterocycles. The topological polar surface area (TPSA) is 32.7 Å². The van der Waals surface area contributed by atoms with Gasteiger partial charge in [-0.05, 0) is 47.1 Å². The smallest absolute Gasteiger partial charge is 0.0799 e. The van der Waals surface area contributed by atoms with Crippen molar-refractivity contribution in [2.24, 2.45) is 4.99 Å². The van der Waals surface area contributed by atoms with Gasteiger partial charge in [0.2, 0.25) is 0 Å². The minimum atomic E-state index is -1.86. The van der Waals surface area contributed by atoms with E-state index in [9.17, 15) is 4.21 Å². The minimum absolute atomic E-state index is 0.597. The Morgan fingerprint density at radius 1 is 1.20 bits per heavy atom. The molecule has 1 atom stereocenters. The highest BCUT2D eigenvalue weighted by molar-refractivity contribution is 8.21. The summed E-state index contributed by atoms with van der Waals surface area (Å²) in [6.45, 7) is 3.83. The van der Waals surface area contributed by atoms with Crippen molar-refractivity contribution in [2.75, 3.05) is 19.0 Å². The Balaban J connectivity index is 2.47. The number of benzene rings is 1. The SMILES string of the molecule is C=C1C=CC(=Nc2ccc(N(C)C)cc2[SH](=O)=S)C=C1. The first kappa shape index (κ1) is 14.7. The Labute approximate surface area is 125 Å². The van der Waals surface area contributed by atoms with Crippen LogP contribution in [0.5, 0.6) is 0 Å². The van der Waals surface area contributed by atoms with Crippen LogP contribution in [-0.4, -0.2) is 24.0 Å². The van der Waals surface area contributed by atoms with E-state index in [0.29, 0.717) is 10.6 Å². The predicted octanol–water partition coefficient (Wildman–Crippen LogP) is 2.81. The first-order valence-electron chi connectivity index (χ1n) is 6.07. The van der Waals surface area contributed by atoms with Crippen LogP contribution in [0.3, 0.4) is 0 Å². The zero-order chi connectivity index (χ0) is 14.7. The molecular weight excluding hydrogens is 288 g/mol. The third kappa shape index (κ3) is 3.43. The van der Waals surface area contributed by atoms with Crippen LogP contribution < -0.4 is 4.90 Å². The number of hydrogen-bond acceptors (Lipinski definition) is 4. The van der Waals surface area contributed by atoms with Gasteiger partial charge in [0, 0.05) is 19.8 Å². The fourth-order valence-corrected chi connectivity index (χ4v) is 2.73. The van der Waals surface area contributed by atoms with E-state index in [1.807, 2.05) is 61.5 Å². The summed E-state index contributed by atoms with van der Waals surface area (Å²) in [5.74, 6) is 0. The van der Waals surface area contributed by atoms with Crippen molar-refractivity contribution in [1.29, 1.82) is 0 Å². The van der Waals surface area contributed by atoms with Crippen LogP contribution in [0.1, 0.15) is 0 Å². The second kappa shape index (κ2) is 6.15. The molecule has 3 nitrogen and oxygen atoms in total. The summed E-state index contributed by atoms with van der Waals surface area (Å²) < 4.78 is 11.8. The van der Waals surface area contributed by atoms with Gasteiger partial charge in [-0.25, -0.2) is 4.99 Å². The molecule has 1 unspecified atom stereocenters. The molecule has 0 radical (unpaired) electrons. The first-order valence-corrected chi connectivity index (χ1v) is 8.34. The maximum absolute atomic E-state index is 11.8. The molecule has 0 saturated heterocycles. The van der Waals surface area contributed by atoms with Crippen molar-refractivity contribution in [2.45, 2.75) is 4.90 Å². The minimum Gasteiger partial charge on any atom is -0.378 e. The Morgan fingerprint density at radius 2 is 1.85 bits per heavy atom. The molecule has 0 aliphatic heterocycles. The van der Waals surface area contributed by atoms with E-state index < -0.39 is 9.36 Å². The maximum Gasteiger partial charge on any atom is 0.0799 e. The third-order valence-electron chi connectivity index (χ3n) is 2.86. The first-order chi connectivity index (χ1) is 9.47. The molecule has 5 heteroatoms. The van der Waals surface area contributed by atoms with Crippen molar-refractivity contribution < 1.29 is 4.21 Å². The van der Waals surface area contributed by atoms with Crippen LogP contribution in [0, 0.1) is 0 Å². The maximum atomic E-state index is 11.8. The molecule has 20 heavy (non-hydrogen) atoms. The van der Waals surface area contributed by atoms with Gasteiger partial charge in [0.1, 0.15) is 0 Å². The molecule has 1 aliphatic rings. The lowest BCUT2D eigenvalue weighted by Gasteiger charge is -2.14. The molecular formula is C15H16N2OS2. The summed E-state index contributed by atoms with van der Waals surface area (Å²) in [6, 6.07) is 5.62. The van der Waals surface area contributed by atoms with Gasteiger partial charge in [0.25, 0.3) is 0 Å². The van der Waals surface area contributed by atoms with Gasteiger partial charge in [0.15, 0.2) is 0 Å². The number of nitrogens with zero attached hydrogens (tertiary/aromatic N) is 2. The van der Waals surface area contributed by atoms with Crippen LogP contribution >= 0.6 is 0 Å². The Kier molecular flexibility index (Phi) is 4.52. The number of allylic oxidation sites excluding steroid dienone is 5. The quantitative estimate of drug-likeness (QED) is 0.872. The van der Waals surface area contributed by atoms with E-state index in [0.717, 1.165) is 17.0 Å². The monoisotopic (exact) mass is 304 g/mol. The molecule has 0 saturated carbocycles. The fourth-order valence-electron chi connectivity index (χ4n) is 1.74. The zero-order valence-corrected chi connectivity index (χ0v) is 13.1. The molecule has 0 bridgehead atoms. The zero-order valence-electron chi connectivity index (χ0n) is 11.4. The molecule has 104 valence electrons. The van der Waals surface area contributed by atoms with E-state index in [4.69, 9.17) is 11.2 Å². The third-order valence-corrected chi connectivity index (χ3v) is 4.20. The summed E-state index contributed by atoms with van der Waals surface area (Å²) in [5, 5.41) is 0. The standard InChI is InChI=1S/C15H16N2OS2/c1-11-4-6-12(7-5-11)16-14-9-8-13(17(2)3)10-15(14)20(18)19/h4-10,20H,1H2,2-3H3. The highest BCUT2D eigenvalue weighted by Crippen LogP contribution is 2.26. The normalized spacial score (nSPS) is 15.3. The number of hydrogen-bond donors (Lipinski definition) is 1.